The van der Waals surface area contributed by atoms with Crippen molar-refractivity contribution >= 4 is 5.91 Å². The number of carbonyl (C=O) groups excluding carboxylic acids is 1. The molecule has 1 aliphatic heterocycles. The molecule has 0 atom stereocenters. The number of aryl methyl sites for hydroxylation is 1. The molecule has 1 amide bonds. The zero-order valence-electron chi connectivity index (χ0n) is 16.0. The lowest BCUT2D eigenvalue weighted by Crippen LogP contribution is -2.36. The van der Waals surface area contributed by atoms with Crippen molar-refractivity contribution in [3.63, 3.8) is 0 Å². The molecule has 0 spiro atoms. The van der Waals surface area contributed by atoms with Gasteiger partial charge in [-0.05, 0) is 17.3 Å². The highest BCUT2D eigenvalue weighted by molar-refractivity contribution is 5.94. The lowest BCUT2D eigenvalue weighted by molar-refractivity contribution is 0.0733. The molecule has 27 heavy (non-hydrogen) atoms. The van der Waals surface area contributed by atoms with Crippen LogP contribution in [0.2, 0.25) is 0 Å². The molecular formula is C19H23N7O. The first-order valence-corrected chi connectivity index (χ1v) is 9.03. The molecule has 0 fully saturated rings. The third-order valence-corrected chi connectivity index (χ3v) is 4.83. The van der Waals surface area contributed by atoms with E-state index in [1.165, 1.54) is 4.80 Å². The number of fused-ring (bicyclic) bond motifs is 1. The van der Waals surface area contributed by atoms with Crippen LogP contribution in [0.5, 0.6) is 0 Å². The van der Waals surface area contributed by atoms with E-state index in [1.807, 2.05) is 29.2 Å². The first-order chi connectivity index (χ1) is 12.8. The lowest BCUT2D eigenvalue weighted by atomic mass is 9.87. The number of aromatic nitrogens is 6. The van der Waals surface area contributed by atoms with Gasteiger partial charge in [0.05, 0.1) is 12.7 Å². The average molecular weight is 365 g/mol. The maximum Gasteiger partial charge on any atom is 0.254 e. The molecule has 1 aromatic carbocycles. The minimum absolute atomic E-state index is 0.0281. The quantitative estimate of drug-likeness (QED) is 0.751. The zero-order valence-corrected chi connectivity index (χ0v) is 16.0. The number of nitrogens with zero attached hydrogens (tertiary/aromatic N) is 6. The fourth-order valence-corrected chi connectivity index (χ4v) is 3.43. The van der Waals surface area contributed by atoms with E-state index in [2.05, 4.69) is 46.4 Å². The van der Waals surface area contributed by atoms with Crippen molar-refractivity contribution in [3.05, 3.63) is 46.8 Å². The van der Waals surface area contributed by atoms with Gasteiger partial charge in [-0.25, -0.2) is 0 Å². The first kappa shape index (κ1) is 17.4. The molecule has 0 unspecified atom stereocenters. The van der Waals surface area contributed by atoms with Crippen LogP contribution in [0.15, 0.2) is 24.3 Å². The van der Waals surface area contributed by atoms with E-state index in [0.717, 1.165) is 28.9 Å². The second kappa shape index (κ2) is 6.29. The molecule has 0 saturated carbocycles. The van der Waals surface area contributed by atoms with Gasteiger partial charge in [0.15, 0.2) is 0 Å². The number of benzene rings is 1. The van der Waals surface area contributed by atoms with Crippen LogP contribution in [-0.4, -0.2) is 47.8 Å². The van der Waals surface area contributed by atoms with Crippen LogP contribution in [0, 0.1) is 0 Å². The molecule has 0 bridgehead atoms. The summed E-state index contributed by atoms with van der Waals surface area (Å²) < 4.78 is 0. The second-order valence-electron chi connectivity index (χ2n) is 7.94. The summed E-state index contributed by atoms with van der Waals surface area (Å²) in [6.45, 7) is 7.70. The molecule has 3 heterocycles. The van der Waals surface area contributed by atoms with E-state index in [9.17, 15) is 4.79 Å². The number of tetrazole rings is 1. The predicted octanol–water partition coefficient (Wildman–Crippen LogP) is 2.10. The highest BCUT2D eigenvalue weighted by Crippen LogP contribution is 2.30. The van der Waals surface area contributed by atoms with Crippen molar-refractivity contribution in [1.29, 1.82) is 0 Å². The zero-order chi connectivity index (χ0) is 19.2. The number of amides is 1. The number of H-pyrrole nitrogens is 1. The van der Waals surface area contributed by atoms with Crippen molar-refractivity contribution in [3.8, 4) is 11.4 Å². The molecule has 140 valence electrons. The van der Waals surface area contributed by atoms with Crippen LogP contribution in [0.25, 0.3) is 11.4 Å². The van der Waals surface area contributed by atoms with Crippen molar-refractivity contribution in [2.75, 3.05) is 6.54 Å². The monoisotopic (exact) mass is 365 g/mol. The van der Waals surface area contributed by atoms with Gasteiger partial charge in [0.25, 0.3) is 5.91 Å². The fourth-order valence-electron chi connectivity index (χ4n) is 3.43. The van der Waals surface area contributed by atoms with Crippen LogP contribution in [0.1, 0.15) is 48.1 Å². The van der Waals surface area contributed by atoms with Gasteiger partial charge >= 0.3 is 0 Å². The summed E-state index contributed by atoms with van der Waals surface area (Å²) >= 11 is 0. The summed E-state index contributed by atoms with van der Waals surface area (Å²) in [7, 11) is 1.72. The highest BCUT2D eigenvalue weighted by Gasteiger charge is 2.30. The standard InChI is InChI=1S/C19H23N7O/c1-19(2,3)16-14-11-26(10-9-15(14)20-21-16)18(27)13-7-5-12(6-8-13)17-22-24-25(4)23-17/h5-8H,9-11H2,1-4H3,(H,20,21). The van der Waals surface area contributed by atoms with E-state index < -0.39 is 0 Å². The molecule has 0 aliphatic carbocycles. The average Bonchev–Trinajstić information content (AvgIpc) is 3.26. The van der Waals surface area contributed by atoms with Gasteiger partial charge in [0.1, 0.15) is 0 Å². The smallest absolute Gasteiger partial charge is 0.254 e. The molecule has 2 aromatic heterocycles. The van der Waals surface area contributed by atoms with Crippen LogP contribution in [-0.2, 0) is 25.4 Å². The third kappa shape index (κ3) is 3.22. The summed E-state index contributed by atoms with van der Waals surface area (Å²) in [6.07, 6.45) is 0.797. The third-order valence-electron chi connectivity index (χ3n) is 4.83. The van der Waals surface area contributed by atoms with E-state index in [4.69, 9.17) is 0 Å². The van der Waals surface area contributed by atoms with E-state index >= 15 is 0 Å². The molecule has 8 heteroatoms. The Balaban J connectivity index is 1.55. The Morgan fingerprint density at radius 3 is 2.56 bits per heavy atom. The van der Waals surface area contributed by atoms with Gasteiger partial charge in [0.2, 0.25) is 5.82 Å². The molecule has 3 aromatic rings. The second-order valence-corrected chi connectivity index (χ2v) is 7.94. The molecule has 1 N–H and O–H groups in total. The maximum atomic E-state index is 13.0. The number of hydrogen-bond donors (Lipinski definition) is 1. The number of carbonyl (C=O) groups is 1. The van der Waals surface area contributed by atoms with Crippen LogP contribution < -0.4 is 0 Å². The lowest BCUT2D eigenvalue weighted by Gasteiger charge is -2.29. The Kier molecular flexibility index (Phi) is 4.05. The number of hydrogen-bond acceptors (Lipinski definition) is 5. The largest absolute Gasteiger partial charge is 0.334 e. The number of rotatable bonds is 2. The van der Waals surface area contributed by atoms with Crippen LogP contribution in [0.3, 0.4) is 0 Å². The van der Waals surface area contributed by atoms with Gasteiger partial charge in [-0.2, -0.15) is 9.90 Å². The maximum absolute atomic E-state index is 13.0. The van der Waals surface area contributed by atoms with Gasteiger partial charge in [-0.3, -0.25) is 9.89 Å². The molecule has 0 radical (unpaired) electrons. The van der Waals surface area contributed by atoms with E-state index in [0.29, 0.717) is 24.5 Å². The number of nitrogens with one attached hydrogen (secondary N) is 1. The van der Waals surface area contributed by atoms with Gasteiger partial charge < -0.3 is 4.90 Å². The molecule has 4 rings (SSSR count). The van der Waals surface area contributed by atoms with Gasteiger partial charge in [-0.15, -0.1) is 10.2 Å². The Morgan fingerprint density at radius 1 is 1.19 bits per heavy atom. The normalized spacial score (nSPS) is 14.3. The number of aromatic amines is 1. The summed E-state index contributed by atoms with van der Waals surface area (Å²) in [5.41, 5.74) is 4.79. The van der Waals surface area contributed by atoms with Gasteiger partial charge in [-0.1, -0.05) is 32.9 Å². The summed E-state index contributed by atoms with van der Waals surface area (Å²) in [5.74, 6) is 0.577. The Bertz CT molecular complexity index is 978. The first-order valence-electron chi connectivity index (χ1n) is 9.03. The molecular weight excluding hydrogens is 342 g/mol. The van der Waals surface area contributed by atoms with Crippen molar-refractivity contribution in [2.24, 2.45) is 7.05 Å². The van der Waals surface area contributed by atoms with E-state index in [-0.39, 0.29) is 11.3 Å². The highest BCUT2D eigenvalue weighted by atomic mass is 16.2. The SMILES string of the molecule is Cn1nnc(-c2ccc(C(=O)N3CCc4[nH]nc(C(C)(C)C)c4C3)cc2)n1. The molecule has 8 nitrogen and oxygen atoms in total. The summed E-state index contributed by atoms with van der Waals surface area (Å²) in [5, 5.41) is 19.7. The van der Waals surface area contributed by atoms with Crippen molar-refractivity contribution in [1.82, 2.24) is 35.3 Å². The van der Waals surface area contributed by atoms with E-state index in [1.54, 1.807) is 7.05 Å². The molecule has 1 aliphatic rings. The topological polar surface area (TPSA) is 92.6 Å². The predicted molar refractivity (Wildman–Crippen MR) is 100.0 cm³/mol. The Morgan fingerprint density at radius 2 is 1.93 bits per heavy atom. The van der Waals surface area contributed by atoms with Gasteiger partial charge in [0, 0.05) is 47.3 Å². The van der Waals surface area contributed by atoms with Crippen LogP contribution in [0.4, 0.5) is 0 Å². The summed E-state index contributed by atoms with van der Waals surface area (Å²) in [4.78, 5) is 16.3. The minimum atomic E-state index is -0.0541. The Hall–Kier alpha value is -3.03. The molecule has 0 saturated heterocycles. The van der Waals surface area contributed by atoms with Crippen LogP contribution >= 0.6 is 0 Å². The van der Waals surface area contributed by atoms with Crippen molar-refractivity contribution in [2.45, 2.75) is 39.2 Å². The minimum Gasteiger partial charge on any atom is -0.334 e. The Labute approximate surface area is 157 Å². The summed E-state index contributed by atoms with van der Waals surface area (Å²) in [6, 6.07) is 7.36. The fraction of sp³-hybridized carbons (Fsp3) is 0.421. The van der Waals surface area contributed by atoms with Crippen molar-refractivity contribution < 1.29 is 4.79 Å².